The zero-order valence-electron chi connectivity index (χ0n) is 16.0. The molecular formula is C17H30N4O6. The van der Waals surface area contributed by atoms with E-state index >= 15 is 0 Å². The second kappa shape index (κ2) is 10.2. The van der Waals surface area contributed by atoms with Crippen LogP contribution in [0.25, 0.3) is 0 Å². The number of rotatable bonds is 9. The van der Waals surface area contributed by atoms with Gasteiger partial charge < -0.3 is 31.5 Å². The number of amides is 3. The lowest BCUT2D eigenvalue weighted by Crippen LogP contribution is -2.55. The summed E-state index contributed by atoms with van der Waals surface area (Å²) in [4.78, 5) is 49.1. The number of nitrogens with two attached hydrogens (primary N) is 1. The molecule has 10 nitrogen and oxygen atoms in total. The van der Waals surface area contributed by atoms with Gasteiger partial charge in [-0.15, -0.1) is 0 Å². The van der Waals surface area contributed by atoms with Gasteiger partial charge in [0.1, 0.15) is 6.04 Å². The Morgan fingerprint density at radius 1 is 1.22 bits per heavy atom. The average molecular weight is 386 g/mol. The van der Waals surface area contributed by atoms with Crippen LogP contribution in [0.4, 0.5) is 0 Å². The van der Waals surface area contributed by atoms with Gasteiger partial charge in [0, 0.05) is 6.54 Å². The van der Waals surface area contributed by atoms with Crippen molar-refractivity contribution in [1.29, 1.82) is 0 Å². The summed E-state index contributed by atoms with van der Waals surface area (Å²) in [5.74, 6) is -2.64. The van der Waals surface area contributed by atoms with E-state index in [0.29, 0.717) is 25.8 Å². The van der Waals surface area contributed by atoms with E-state index in [-0.39, 0.29) is 12.5 Å². The summed E-state index contributed by atoms with van der Waals surface area (Å²) in [6.07, 6.45) is 0.172. The topological polar surface area (TPSA) is 162 Å². The number of aliphatic hydroxyl groups excluding tert-OH is 1. The quantitative estimate of drug-likeness (QED) is 0.319. The lowest BCUT2D eigenvalue weighted by atomic mass is 10.0. The normalized spacial score (nSPS) is 20.1. The van der Waals surface area contributed by atoms with E-state index in [0.717, 1.165) is 0 Å². The maximum Gasteiger partial charge on any atom is 0.328 e. The predicted octanol–water partition coefficient (Wildman–Crippen LogP) is -1.58. The van der Waals surface area contributed by atoms with Crippen molar-refractivity contribution in [2.75, 3.05) is 13.1 Å². The van der Waals surface area contributed by atoms with Gasteiger partial charge in [-0.05, 0) is 32.1 Å². The molecule has 10 heteroatoms. The van der Waals surface area contributed by atoms with Crippen molar-refractivity contribution >= 4 is 23.7 Å². The first kappa shape index (κ1) is 22.8. The van der Waals surface area contributed by atoms with Crippen molar-refractivity contribution in [3.8, 4) is 0 Å². The van der Waals surface area contributed by atoms with Gasteiger partial charge in [0.25, 0.3) is 0 Å². The van der Waals surface area contributed by atoms with E-state index in [9.17, 15) is 24.3 Å². The van der Waals surface area contributed by atoms with Gasteiger partial charge >= 0.3 is 5.97 Å². The second-order valence-electron chi connectivity index (χ2n) is 7.26. The Kier molecular flexibility index (Phi) is 8.64. The number of aliphatic hydroxyl groups is 1. The maximum absolute atomic E-state index is 12.4. The van der Waals surface area contributed by atoms with Gasteiger partial charge in [-0.1, -0.05) is 13.8 Å². The first-order valence-electron chi connectivity index (χ1n) is 9.08. The van der Waals surface area contributed by atoms with Crippen LogP contribution in [-0.4, -0.2) is 76.1 Å². The first-order valence-corrected chi connectivity index (χ1v) is 9.08. The number of carboxylic acid groups (broad SMARTS) is 1. The summed E-state index contributed by atoms with van der Waals surface area (Å²) < 4.78 is 0. The molecule has 1 aliphatic heterocycles. The molecule has 3 amide bonds. The highest BCUT2D eigenvalue weighted by Crippen LogP contribution is 2.18. The van der Waals surface area contributed by atoms with Crippen LogP contribution >= 0.6 is 0 Å². The van der Waals surface area contributed by atoms with Crippen LogP contribution in [0.3, 0.4) is 0 Å². The lowest BCUT2D eigenvalue weighted by molar-refractivity contribution is -0.146. The number of hydrogen-bond donors (Lipinski definition) is 5. The zero-order chi connectivity index (χ0) is 20.7. The fourth-order valence-corrected chi connectivity index (χ4v) is 2.99. The summed E-state index contributed by atoms with van der Waals surface area (Å²) in [7, 11) is 0. The van der Waals surface area contributed by atoms with Crippen LogP contribution in [0.15, 0.2) is 0 Å². The van der Waals surface area contributed by atoms with Crippen molar-refractivity contribution in [2.45, 2.75) is 64.3 Å². The lowest BCUT2D eigenvalue weighted by Gasteiger charge is -2.26. The molecule has 4 atom stereocenters. The molecule has 1 heterocycles. The third-order valence-electron chi connectivity index (χ3n) is 4.40. The minimum Gasteiger partial charge on any atom is -0.480 e. The number of aliphatic carboxylic acids is 1. The minimum atomic E-state index is -1.45. The summed E-state index contributed by atoms with van der Waals surface area (Å²) in [5.41, 5.74) is 5.76. The molecule has 1 fully saturated rings. The smallest absolute Gasteiger partial charge is 0.328 e. The Balaban J connectivity index is 2.62. The fraction of sp³-hybridized carbons (Fsp3) is 0.765. The number of nitrogens with one attached hydrogen (secondary N) is 2. The average Bonchev–Trinajstić information content (AvgIpc) is 3.05. The fourth-order valence-electron chi connectivity index (χ4n) is 2.99. The van der Waals surface area contributed by atoms with Gasteiger partial charge in [-0.2, -0.15) is 0 Å². The van der Waals surface area contributed by atoms with Crippen LogP contribution in [0.2, 0.25) is 0 Å². The van der Waals surface area contributed by atoms with Gasteiger partial charge in [0.05, 0.1) is 18.7 Å². The van der Waals surface area contributed by atoms with Crippen LogP contribution < -0.4 is 16.4 Å². The van der Waals surface area contributed by atoms with Gasteiger partial charge in [-0.3, -0.25) is 14.4 Å². The molecule has 1 saturated heterocycles. The molecular weight excluding hydrogens is 356 g/mol. The first-order chi connectivity index (χ1) is 12.5. The Bertz CT molecular complexity index is 566. The monoisotopic (exact) mass is 386 g/mol. The van der Waals surface area contributed by atoms with E-state index in [4.69, 9.17) is 10.8 Å². The number of carbonyl (C=O) groups excluding carboxylic acids is 3. The molecule has 154 valence electrons. The van der Waals surface area contributed by atoms with Crippen LogP contribution in [0.5, 0.6) is 0 Å². The summed E-state index contributed by atoms with van der Waals surface area (Å²) in [6.45, 7) is 5.17. The van der Waals surface area contributed by atoms with E-state index in [1.165, 1.54) is 11.8 Å². The Morgan fingerprint density at radius 2 is 1.85 bits per heavy atom. The Hall–Kier alpha value is -2.20. The molecule has 0 aromatic rings. The van der Waals surface area contributed by atoms with Crippen molar-refractivity contribution in [2.24, 2.45) is 11.7 Å². The zero-order valence-corrected chi connectivity index (χ0v) is 16.0. The van der Waals surface area contributed by atoms with Gasteiger partial charge in [0.15, 0.2) is 6.04 Å². The van der Waals surface area contributed by atoms with Crippen molar-refractivity contribution in [3.05, 3.63) is 0 Å². The second-order valence-corrected chi connectivity index (χ2v) is 7.26. The largest absolute Gasteiger partial charge is 0.480 e. The van der Waals surface area contributed by atoms with Crippen LogP contribution in [0.1, 0.15) is 40.0 Å². The SMILES string of the molecule is CC(C)CC(N)C(=O)NCC(=O)N1CCCC1C(=O)NC(C(=O)O)C(C)O. The standard InChI is InChI=1S/C17H30N4O6/c1-9(2)7-11(18)15(24)19-8-13(23)21-6-4-5-12(21)16(25)20-14(10(3)22)17(26)27/h9-12,14,22H,4-8,18H2,1-3H3,(H,19,24)(H,20,25)(H,26,27). The predicted molar refractivity (Wildman–Crippen MR) is 96.4 cm³/mol. The highest BCUT2D eigenvalue weighted by molar-refractivity contribution is 5.93. The molecule has 4 unspecified atom stereocenters. The molecule has 0 aromatic heterocycles. The van der Waals surface area contributed by atoms with Gasteiger partial charge in [-0.25, -0.2) is 4.79 Å². The third kappa shape index (κ3) is 6.79. The molecule has 0 aromatic carbocycles. The van der Waals surface area contributed by atoms with E-state index in [2.05, 4.69) is 10.6 Å². The summed E-state index contributed by atoms with van der Waals surface area (Å²) >= 11 is 0. The third-order valence-corrected chi connectivity index (χ3v) is 4.40. The highest BCUT2D eigenvalue weighted by Gasteiger charge is 2.36. The number of carbonyl (C=O) groups is 4. The molecule has 6 N–H and O–H groups in total. The Morgan fingerprint density at radius 3 is 2.37 bits per heavy atom. The molecule has 1 rings (SSSR count). The van der Waals surface area contributed by atoms with Crippen LogP contribution in [0, 0.1) is 5.92 Å². The van der Waals surface area contributed by atoms with Crippen molar-refractivity contribution < 1.29 is 29.4 Å². The summed E-state index contributed by atoms with van der Waals surface area (Å²) in [5, 5.41) is 23.3. The number of likely N-dealkylation sites (tertiary alicyclic amines) is 1. The number of carboxylic acids is 1. The highest BCUT2D eigenvalue weighted by atomic mass is 16.4. The minimum absolute atomic E-state index is 0.240. The van der Waals surface area contributed by atoms with E-state index < -0.39 is 47.9 Å². The molecule has 0 saturated carbocycles. The molecule has 0 radical (unpaired) electrons. The summed E-state index contributed by atoms with van der Waals surface area (Å²) in [6, 6.07) is -3.00. The van der Waals surface area contributed by atoms with Crippen molar-refractivity contribution in [3.63, 3.8) is 0 Å². The molecule has 1 aliphatic rings. The maximum atomic E-state index is 12.4. The van der Waals surface area contributed by atoms with Crippen LogP contribution in [-0.2, 0) is 19.2 Å². The van der Waals surface area contributed by atoms with E-state index in [1.54, 1.807) is 0 Å². The van der Waals surface area contributed by atoms with E-state index in [1.807, 2.05) is 13.8 Å². The molecule has 27 heavy (non-hydrogen) atoms. The van der Waals surface area contributed by atoms with Crippen molar-refractivity contribution in [1.82, 2.24) is 15.5 Å². The molecule has 0 spiro atoms. The number of hydrogen-bond acceptors (Lipinski definition) is 6. The number of nitrogens with zero attached hydrogens (tertiary/aromatic N) is 1. The van der Waals surface area contributed by atoms with Gasteiger partial charge in [0.2, 0.25) is 17.7 Å². The molecule has 0 aliphatic carbocycles. The Labute approximate surface area is 158 Å². The molecule has 0 bridgehead atoms.